The number of nitrogens with one attached hydrogen (secondary N) is 3. The first-order valence-corrected chi connectivity index (χ1v) is 29.7. The van der Waals surface area contributed by atoms with Crippen molar-refractivity contribution >= 4 is 111 Å². The number of nitrogens with zero attached hydrogens (tertiary/aromatic N) is 14. The zero-order chi connectivity index (χ0) is 58.2. The molecule has 5 aliphatic rings. The summed E-state index contributed by atoms with van der Waals surface area (Å²) in [6.07, 6.45) is 3.88. The van der Waals surface area contributed by atoms with E-state index in [-0.39, 0.29) is 24.2 Å². The standard InChI is InChI=1S/C58H59F3N18O4S2/c1-2-52(80)67-37-3-5-48-46(23-37)72-56(84-48)78-13-9-75(10-14-78)40-26-44(70-51(28-40)77-17-21-83-22-18-77)36-33-65-55(66-34-36)71-45-29-41(45)42(58(59,60)61)30-53(81)68-38-4-6-49-47(24-38)73-57(85-49)79-11-7-74(8-12-79)39-25-43(35-31-63-54(62)64-32-35)69-50(27-39)76-15-19-82-20-16-76/h2-6,23-28,30-34,41,45H,1,7-22,29H2,(H,67,80)(H,68,81)(H2,62,63,64)(H,65,66,71). The van der Waals surface area contributed by atoms with Crippen molar-refractivity contribution in [2.45, 2.75) is 18.6 Å². The van der Waals surface area contributed by atoms with Crippen LogP contribution in [0.25, 0.3) is 42.9 Å². The van der Waals surface area contributed by atoms with Gasteiger partial charge in [-0.15, -0.1) is 0 Å². The SMILES string of the molecule is C=CC(=O)Nc1ccc2sc(N3CCN(c4cc(-c5cnc(NC6CC6C(=CC(=O)Nc6ccc7sc(N8CCN(c9cc(-c%10cnc(N)nc%10)nc(N%10CCOCC%10)c9)CC8)nc7c6)C(F)(F)F)nc5)nc(N5CCOCC5)c4)CC3)nc2c1. The summed E-state index contributed by atoms with van der Waals surface area (Å²) in [4.78, 5) is 76.0. The zero-order valence-corrected chi connectivity index (χ0v) is 47.7. The van der Waals surface area contributed by atoms with E-state index in [1.54, 1.807) is 48.3 Å². The predicted molar refractivity (Wildman–Crippen MR) is 326 cm³/mol. The van der Waals surface area contributed by atoms with E-state index in [4.69, 9.17) is 35.1 Å². The Morgan fingerprint density at radius 1 is 0.588 bits per heavy atom. The molecule has 2 atom stereocenters. The van der Waals surface area contributed by atoms with Crippen LogP contribution < -0.4 is 51.1 Å². The van der Waals surface area contributed by atoms with Crippen LogP contribution in [-0.2, 0) is 19.1 Å². The van der Waals surface area contributed by atoms with Crippen molar-refractivity contribution in [3.8, 4) is 22.5 Å². The minimum Gasteiger partial charge on any atom is -0.378 e. The minimum absolute atomic E-state index is 0.138. The quantitative estimate of drug-likeness (QED) is 0.0724. The van der Waals surface area contributed by atoms with E-state index in [2.05, 4.69) is 90.1 Å². The number of morpholine rings is 2. The van der Waals surface area contributed by atoms with E-state index in [0.717, 1.165) is 112 Å². The molecule has 0 spiro atoms. The van der Waals surface area contributed by atoms with Crippen LogP contribution in [0.15, 0.2) is 110 Å². The molecule has 1 aliphatic carbocycles. The van der Waals surface area contributed by atoms with Gasteiger partial charge in [-0.25, -0.2) is 39.9 Å². The number of amides is 2. The van der Waals surface area contributed by atoms with Gasteiger partial charge >= 0.3 is 6.18 Å². The number of anilines is 10. The minimum atomic E-state index is -4.76. The van der Waals surface area contributed by atoms with Crippen molar-refractivity contribution in [3.63, 3.8) is 0 Å². The van der Waals surface area contributed by atoms with Gasteiger partial charge in [0.1, 0.15) is 11.6 Å². The lowest BCUT2D eigenvalue weighted by atomic mass is 10.1. The normalized spacial score (nSPS) is 18.7. The molecule has 1 saturated carbocycles. The molecule has 85 heavy (non-hydrogen) atoms. The number of hydrogen-bond acceptors (Lipinski definition) is 22. The van der Waals surface area contributed by atoms with Crippen molar-refractivity contribution in [2.75, 3.05) is 156 Å². The molecule has 5 N–H and O–H groups in total. The zero-order valence-electron chi connectivity index (χ0n) is 46.0. The van der Waals surface area contributed by atoms with Crippen LogP contribution in [0.3, 0.4) is 0 Å². The molecule has 27 heteroatoms. The van der Waals surface area contributed by atoms with Crippen molar-refractivity contribution in [2.24, 2.45) is 5.92 Å². The molecule has 6 aromatic heterocycles. The average Bonchev–Trinajstić information content (AvgIpc) is 3.59. The lowest BCUT2D eigenvalue weighted by Crippen LogP contribution is -2.46. The molecule has 2 aromatic carbocycles. The topological polar surface area (TPSA) is 237 Å². The number of ether oxygens (including phenoxy) is 2. The lowest BCUT2D eigenvalue weighted by Gasteiger charge is -2.37. The van der Waals surface area contributed by atoms with Crippen molar-refractivity contribution in [1.29, 1.82) is 0 Å². The van der Waals surface area contributed by atoms with E-state index < -0.39 is 29.6 Å². The average molecular weight is 1190 g/mol. The molecule has 4 saturated heterocycles. The summed E-state index contributed by atoms with van der Waals surface area (Å²) in [5.74, 6) is -0.149. The van der Waals surface area contributed by atoms with E-state index >= 15 is 0 Å². The van der Waals surface area contributed by atoms with Crippen LogP contribution in [0.1, 0.15) is 6.42 Å². The highest BCUT2D eigenvalue weighted by atomic mass is 32.1. The molecular weight excluding hydrogens is 1130 g/mol. The number of carbonyl (C=O) groups is 2. The number of nitrogen functional groups attached to an aromatic ring is 1. The van der Waals surface area contributed by atoms with Gasteiger partial charge in [-0.05, 0) is 61.0 Å². The number of fused-ring (bicyclic) bond motifs is 2. The number of nitrogens with two attached hydrogens (primary N) is 1. The lowest BCUT2D eigenvalue weighted by molar-refractivity contribution is -0.114. The van der Waals surface area contributed by atoms with Gasteiger partial charge in [0.25, 0.3) is 0 Å². The number of benzene rings is 2. The number of aromatic nitrogens is 8. The first-order chi connectivity index (χ1) is 41.3. The van der Waals surface area contributed by atoms with Gasteiger partial charge in [0.05, 0.1) is 58.2 Å². The third-order valence-electron chi connectivity index (χ3n) is 15.6. The number of rotatable bonds is 15. The molecule has 5 fully saturated rings. The maximum Gasteiger partial charge on any atom is 0.413 e. The number of thiazole rings is 2. The van der Waals surface area contributed by atoms with Crippen LogP contribution >= 0.6 is 22.7 Å². The number of piperazine rings is 2. The van der Waals surface area contributed by atoms with Gasteiger partial charge in [-0.1, -0.05) is 29.3 Å². The Morgan fingerprint density at radius 2 is 1.05 bits per heavy atom. The Hall–Kier alpha value is -8.79. The van der Waals surface area contributed by atoms with Gasteiger partial charge in [0.15, 0.2) is 10.3 Å². The number of halogens is 3. The fourth-order valence-corrected chi connectivity index (χ4v) is 12.9. The van der Waals surface area contributed by atoms with Crippen LogP contribution in [0.4, 0.5) is 69.7 Å². The summed E-state index contributed by atoms with van der Waals surface area (Å²) in [5.41, 5.74) is 12.1. The molecule has 10 heterocycles. The Morgan fingerprint density at radius 3 is 1.52 bits per heavy atom. The number of pyridine rings is 2. The number of alkyl halides is 3. The number of hydrogen-bond donors (Lipinski definition) is 4. The highest BCUT2D eigenvalue weighted by Crippen LogP contribution is 2.46. The second kappa shape index (κ2) is 23.7. The molecule has 438 valence electrons. The van der Waals surface area contributed by atoms with Crippen LogP contribution in [0.2, 0.25) is 0 Å². The fraction of sp³-hybridized carbons (Fsp3) is 0.345. The van der Waals surface area contributed by atoms with Crippen LogP contribution in [-0.4, -0.2) is 169 Å². The first-order valence-electron chi connectivity index (χ1n) is 28.0. The summed E-state index contributed by atoms with van der Waals surface area (Å²) in [7, 11) is 0. The molecule has 13 rings (SSSR count). The summed E-state index contributed by atoms with van der Waals surface area (Å²) in [5, 5.41) is 10.2. The maximum absolute atomic E-state index is 14.7. The van der Waals surface area contributed by atoms with Gasteiger partial charge in [-0.3, -0.25) is 9.59 Å². The van der Waals surface area contributed by atoms with E-state index in [9.17, 15) is 22.8 Å². The van der Waals surface area contributed by atoms with E-state index in [1.165, 1.54) is 17.4 Å². The molecule has 22 nitrogen and oxygen atoms in total. The Balaban J connectivity index is 0.636. The molecule has 8 aromatic rings. The maximum atomic E-state index is 14.7. The van der Waals surface area contributed by atoms with Gasteiger partial charge in [0, 0.05) is 173 Å². The predicted octanol–water partition coefficient (Wildman–Crippen LogP) is 7.57. The van der Waals surface area contributed by atoms with Crippen LogP contribution in [0, 0.1) is 5.92 Å². The monoisotopic (exact) mass is 1190 g/mol. The second-order valence-electron chi connectivity index (χ2n) is 21.1. The van der Waals surface area contributed by atoms with Crippen molar-refractivity contribution < 1.29 is 32.2 Å². The summed E-state index contributed by atoms with van der Waals surface area (Å²) < 4.78 is 57.3. The van der Waals surface area contributed by atoms with Crippen molar-refractivity contribution in [1.82, 2.24) is 39.9 Å². The third kappa shape index (κ3) is 12.6. The summed E-state index contributed by atoms with van der Waals surface area (Å²) >= 11 is 3.13. The highest BCUT2D eigenvalue weighted by molar-refractivity contribution is 7.22. The molecule has 4 aliphatic heterocycles. The van der Waals surface area contributed by atoms with Gasteiger partial charge in [0.2, 0.25) is 23.7 Å². The molecule has 2 unspecified atom stereocenters. The fourth-order valence-electron chi connectivity index (χ4n) is 10.9. The largest absolute Gasteiger partial charge is 0.413 e. The summed E-state index contributed by atoms with van der Waals surface area (Å²) in [6.45, 7) is 14.5. The molecular formula is C58H59F3N18O4S2. The van der Waals surface area contributed by atoms with Crippen LogP contribution in [0.5, 0.6) is 0 Å². The summed E-state index contributed by atoms with van der Waals surface area (Å²) in [6, 6.07) is 18.5. The Labute approximate surface area is 494 Å². The van der Waals surface area contributed by atoms with E-state index in [0.29, 0.717) is 86.8 Å². The molecule has 0 bridgehead atoms. The van der Waals surface area contributed by atoms with E-state index in [1.807, 2.05) is 30.3 Å². The molecule has 0 radical (unpaired) electrons. The first kappa shape index (κ1) is 55.4. The Bertz CT molecular complexity index is 3800. The third-order valence-corrected chi connectivity index (χ3v) is 17.8. The highest BCUT2D eigenvalue weighted by Gasteiger charge is 2.51. The Kier molecular flexibility index (Phi) is 15.4. The van der Waals surface area contributed by atoms with Gasteiger partial charge < -0.3 is 60.6 Å². The molecule has 2 amide bonds. The second-order valence-corrected chi connectivity index (χ2v) is 23.2. The van der Waals surface area contributed by atoms with Gasteiger partial charge in [-0.2, -0.15) is 13.2 Å². The smallest absolute Gasteiger partial charge is 0.378 e. The number of carbonyl (C=O) groups excluding carboxylic acids is 2. The van der Waals surface area contributed by atoms with Crippen molar-refractivity contribution in [3.05, 3.63) is 110 Å².